The molecule has 0 radical (unpaired) electrons. The zero-order valence-electron chi connectivity index (χ0n) is 6.06. The van der Waals surface area contributed by atoms with Crippen LogP contribution in [0.5, 0.6) is 0 Å². The van der Waals surface area contributed by atoms with E-state index in [4.69, 9.17) is 5.53 Å². The molecule has 0 rings (SSSR count). The summed E-state index contributed by atoms with van der Waals surface area (Å²) in [6.45, 7) is 0.411. The molecular formula is C5H10N4O2. The minimum absolute atomic E-state index is 0.275. The maximum Gasteiger partial charge on any atom is 0.324 e. The lowest BCUT2D eigenvalue weighted by molar-refractivity contribution is -0.144. The van der Waals surface area contributed by atoms with E-state index in [2.05, 4.69) is 20.8 Å². The van der Waals surface area contributed by atoms with E-state index in [0.29, 0.717) is 19.4 Å². The Hall–Kier alpha value is -1.26. The first kappa shape index (κ1) is 9.74. The molecule has 0 atom stereocenters. The van der Waals surface area contributed by atoms with Gasteiger partial charge >= 0.3 is 5.97 Å². The number of rotatable bonds is 5. The summed E-state index contributed by atoms with van der Waals surface area (Å²) in [5.41, 5.74) is 7.87. The van der Waals surface area contributed by atoms with Gasteiger partial charge < -0.3 is 4.84 Å². The summed E-state index contributed by atoms with van der Waals surface area (Å²) in [7, 11) is 0. The predicted octanol–water partition coefficient (Wildman–Crippen LogP) is 0.884. The third-order valence-electron chi connectivity index (χ3n) is 1.08. The highest BCUT2D eigenvalue weighted by atomic mass is 16.7. The van der Waals surface area contributed by atoms with Crippen molar-refractivity contribution in [2.24, 2.45) is 11.0 Å². The normalized spacial score (nSPS) is 8.45. The van der Waals surface area contributed by atoms with Crippen LogP contribution in [-0.4, -0.2) is 12.5 Å². The molecule has 6 heteroatoms. The molecule has 0 aromatic carbocycles. The summed E-state index contributed by atoms with van der Waals surface area (Å²) in [4.78, 5) is 16.9. The van der Waals surface area contributed by atoms with Crippen molar-refractivity contribution in [3.05, 3.63) is 10.4 Å². The molecular weight excluding hydrogens is 148 g/mol. The number of unbranched alkanes of at least 4 members (excludes halogenated alkanes) is 1. The SMILES string of the molecule is [N-]=[N+]=NCCCCC(=O)ON. The second kappa shape index (κ2) is 6.85. The van der Waals surface area contributed by atoms with Crippen molar-refractivity contribution in [3.8, 4) is 0 Å². The Morgan fingerprint density at radius 2 is 2.36 bits per heavy atom. The Kier molecular flexibility index (Phi) is 6.07. The van der Waals surface area contributed by atoms with Crippen molar-refractivity contribution < 1.29 is 9.63 Å². The first-order valence-corrected chi connectivity index (χ1v) is 3.21. The third-order valence-corrected chi connectivity index (χ3v) is 1.08. The maximum absolute atomic E-state index is 10.4. The molecule has 0 aliphatic carbocycles. The Labute approximate surface area is 63.9 Å². The van der Waals surface area contributed by atoms with Gasteiger partial charge in [0.05, 0.1) is 0 Å². The van der Waals surface area contributed by atoms with Crippen molar-refractivity contribution >= 4 is 5.97 Å². The Morgan fingerprint density at radius 1 is 1.64 bits per heavy atom. The van der Waals surface area contributed by atoms with Crippen LogP contribution < -0.4 is 5.90 Å². The number of azide groups is 1. The van der Waals surface area contributed by atoms with Crippen molar-refractivity contribution in [1.82, 2.24) is 0 Å². The molecule has 0 heterocycles. The van der Waals surface area contributed by atoms with Crippen LogP contribution in [0.3, 0.4) is 0 Å². The summed E-state index contributed by atoms with van der Waals surface area (Å²) < 4.78 is 0. The second-order valence-corrected chi connectivity index (χ2v) is 1.90. The minimum atomic E-state index is -0.439. The van der Waals surface area contributed by atoms with Gasteiger partial charge in [-0.1, -0.05) is 5.11 Å². The van der Waals surface area contributed by atoms with Crippen LogP contribution in [0.2, 0.25) is 0 Å². The van der Waals surface area contributed by atoms with Crippen LogP contribution in [0, 0.1) is 0 Å². The number of carbonyl (C=O) groups excluding carboxylic acids is 1. The number of hydrogen-bond donors (Lipinski definition) is 1. The first-order valence-electron chi connectivity index (χ1n) is 3.21. The number of carbonyl (C=O) groups is 1. The molecule has 62 valence electrons. The molecule has 0 amide bonds. The largest absolute Gasteiger partial charge is 0.373 e. The minimum Gasteiger partial charge on any atom is -0.373 e. The quantitative estimate of drug-likeness (QED) is 0.211. The van der Waals surface area contributed by atoms with Gasteiger partial charge in [-0.25, -0.2) is 0 Å². The van der Waals surface area contributed by atoms with Gasteiger partial charge in [-0.05, 0) is 18.4 Å². The molecule has 0 fully saturated rings. The molecule has 2 N–H and O–H groups in total. The number of nitrogens with zero attached hydrogens (tertiary/aromatic N) is 3. The molecule has 11 heavy (non-hydrogen) atoms. The van der Waals surface area contributed by atoms with Crippen LogP contribution in [0.4, 0.5) is 0 Å². The van der Waals surface area contributed by atoms with E-state index in [9.17, 15) is 4.79 Å². The Morgan fingerprint density at radius 3 is 2.91 bits per heavy atom. The highest BCUT2D eigenvalue weighted by Crippen LogP contribution is 1.96. The molecule has 0 saturated carbocycles. The highest BCUT2D eigenvalue weighted by molar-refractivity contribution is 5.68. The topological polar surface area (TPSA) is 101 Å². The lowest BCUT2D eigenvalue weighted by Gasteiger charge is -1.94. The lowest BCUT2D eigenvalue weighted by atomic mass is 10.2. The average molecular weight is 158 g/mol. The fourth-order valence-electron chi connectivity index (χ4n) is 0.555. The Bertz CT molecular complexity index is 164. The fraction of sp³-hybridized carbons (Fsp3) is 0.800. The standard InChI is InChI=1S/C5H10N4O2/c6-9-8-4-2-1-3-5(10)11-7/h1-4,7H2. The van der Waals surface area contributed by atoms with Gasteiger partial charge in [0.2, 0.25) is 0 Å². The molecule has 0 saturated heterocycles. The van der Waals surface area contributed by atoms with Crippen LogP contribution in [0.15, 0.2) is 5.11 Å². The summed E-state index contributed by atoms with van der Waals surface area (Å²) >= 11 is 0. The van der Waals surface area contributed by atoms with E-state index in [0.717, 1.165) is 0 Å². The van der Waals surface area contributed by atoms with Crippen LogP contribution >= 0.6 is 0 Å². The van der Waals surface area contributed by atoms with E-state index in [1.54, 1.807) is 0 Å². The van der Waals surface area contributed by atoms with E-state index in [-0.39, 0.29) is 6.42 Å². The first-order chi connectivity index (χ1) is 5.31. The van der Waals surface area contributed by atoms with Crippen molar-refractivity contribution in [2.75, 3.05) is 6.54 Å². The predicted molar refractivity (Wildman–Crippen MR) is 38.1 cm³/mol. The summed E-state index contributed by atoms with van der Waals surface area (Å²) in [6.07, 6.45) is 1.59. The van der Waals surface area contributed by atoms with Gasteiger partial charge in [0.1, 0.15) is 0 Å². The van der Waals surface area contributed by atoms with Crippen LogP contribution in [0.1, 0.15) is 19.3 Å². The van der Waals surface area contributed by atoms with E-state index in [1.807, 2.05) is 0 Å². The second-order valence-electron chi connectivity index (χ2n) is 1.90. The van der Waals surface area contributed by atoms with Gasteiger partial charge in [0.15, 0.2) is 0 Å². The molecule has 0 aliphatic rings. The molecule has 0 aromatic heterocycles. The molecule has 0 bridgehead atoms. The molecule has 0 aromatic rings. The van der Waals surface area contributed by atoms with Crippen molar-refractivity contribution in [1.29, 1.82) is 0 Å². The third kappa shape index (κ3) is 6.63. The number of hydrogen-bond acceptors (Lipinski definition) is 4. The lowest BCUT2D eigenvalue weighted by Crippen LogP contribution is -2.09. The smallest absolute Gasteiger partial charge is 0.324 e. The summed E-state index contributed by atoms with van der Waals surface area (Å²) in [5, 5.41) is 3.29. The summed E-state index contributed by atoms with van der Waals surface area (Å²) in [6, 6.07) is 0. The monoisotopic (exact) mass is 158 g/mol. The molecule has 6 nitrogen and oxygen atoms in total. The van der Waals surface area contributed by atoms with Gasteiger partial charge in [0, 0.05) is 17.9 Å². The number of nitrogens with two attached hydrogens (primary N) is 1. The van der Waals surface area contributed by atoms with Gasteiger partial charge in [-0.3, -0.25) is 4.79 Å². The van der Waals surface area contributed by atoms with Gasteiger partial charge in [-0.2, -0.15) is 5.90 Å². The fourth-order valence-corrected chi connectivity index (χ4v) is 0.555. The van der Waals surface area contributed by atoms with Crippen molar-refractivity contribution in [2.45, 2.75) is 19.3 Å². The van der Waals surface area contributed by atoms with E-state index in [1.165, 1.54) is 0 Å². The summed E-state index contributed by atoms with van der Waals surface area (Å²) in [5.74, 6) is 4.14. The Balaban J connectivity index is 3.14. The highest BCUT2D eigenvalue weighted by Gasteiger charge is 1.98. The van der Waals surface area contributed by atoms with E-state index < -0.39 is 5.97 Å². The zero-order chi connectivity index (χ0) is 8.53. The maximum atomic E-state index is 10.4. The van der Waals surface area contributed by atoms with Gasteiger partial charge in [-0.15, -0.1) is 0 Å². The van der Waals surface area contributed by atoms with Gasteiger partial charge in [0.25, 0.3) is 0 Å². The molecule has 0 unspecified atom stereocenters. The molecule has 0 spiro atoms. The zero-order valence-corrected chi connectivity index (χ0v) is 6.06. The average Bonchev–Trinajstić information content (AvgIpc) is 2.04. The molecule has 0 aliphatic heterocycles. The van der Waals surface area contributed by atoms with E-state index >= 15 is 0 Å². The van der Waals surface area contributed by atoms with Crippen LogP contribution in [0.25, 0.3) is 10.4 Å². The van der Waals surface area contributed by atoms with Crippen molar-refractivity contribution in [3.63, 3.8) is 0 Å². The van der Waals surface area contributed by atoms with Crippen LogP contribution in [-0.2, 0) is 9.63 Å².